The fraction of sp³-hybridized carbons (Fsp3) is 0.759. The van der Waals surface area contributed by atoms with Crippen LogP contribution in [0.4, 0.5) is 13.2 Å². The third-order valence-electron chi connectivity index (χ3n) is 8.82. The fourth-order valence-electron chi connectivity index (χ4n) is 6.41. The Morgan fingerprint density at radius 2 is 1.26 bits per heavy atom. The average Bonchev–Trinajstić information content (AvgIpc) is 2.84. The van der Waals surface area contributed by atoms with Gasteiger partial charge in [-0.3, -0.25) is 4.79 Å². The van der Waals surface area contributed by atoms with E-state index in [1.807, 2.05) is 0 Å². The van der Waals surface area contributed by atoms with Crippen LogP contribution in [0.3, 0.4) is 0 Å². The molecule has 2 saturated carbocycles. The molecule has 0 unspecified atom stereocenters. The number of carbonyl (C=O) groups is 1. The lowest BCUT2D eigenvalue weighted by molar-refractivity contribution is -0.145. The van der Waals surface area contributed by atoms with E-state index in [4.69, 9.17) is 0 Å². The molecule has 5 heteroatoms. The van der Waals surface area contributed by atoms with E-state index in [0.29, 0.717) is 18.8 Å². The molecule has 0 bridgehead atoms. The van der Waals surface area contributed by atoms with E-state index in [1.54, 1.807) is 0 Å². The van der Waals surface area contributed by atoms with E-state index in [1.165, 1.54) is 77.0 Å². The number of halogens is 3. The molecule has 2 aliphatic carbocycles. The number of rotatable bonds is 12. The summed E-state index contributed by atoms with van der Waals surface area (Å²) in [5.41, 5.74) is -1.26. The molecule has 0 amide bonds. The van der Waals surface area contributed by atoms with Gasteiger partial charge in [0.05, 0.1) is 5.41 Å². The van der Waals surface area contributed by atoms with Gasteiger partial charge in [-0.2, -0.15) is 0 Å². The van der Waals surface area contributed by atoms with Crippen molar-refractivity contribution < 1.29 is 23.1 Å². The van der Waals surface area contributed by atoms with Crippen molar-refractivity contribution in [2.75, 3.05) is 0 Å². The van der Waals surface area contributed by atoms with Crippen LogP contribution < -0.4 is 0 Å². The maximum absolute atomic E-state index is 13.8. The first-order valence-electron chi connectivity index (χ1n) is 13.7. The van der Waals surface area contributed by atoms with Crippen molar-refractivity contribution in [1.29, 1.82) is 0 Å². The molecule has 34 heavy (non-hydrogen) atoms. The Morgan fingerprint density at radius 1 is 0.794 bits per heavy atom. The molecule has 1 aromatic rings. The Morgan fingerprint density at radius 3 is 1.79 bits per heavy atom. The van der Waals surface area contributed by atoms with Gasteiger partial charge in [0.25, 0.3) is 0 Å². The van der Waals surface area contributed by atoms with Crippen LogP contribution in [0.5, 0.6) is 0 Å². The molecule has 192 valence electrons. The van der Waals surface area contributed by atoms with Gasteiger partial charge >= 0.3 is 5.97 Å². The smallest absolute Gasteiger partial charge is 0.314 e. The average molecular weight is 481 g/mol. The zero-order valence-corrected chi connectivity index (χ0v) is 20.9. The minimum atomic E-state index is -1.54. The number of carboxylic acids is 1. The van der Waals surface area contributed by atoms with Crippen LogP contribution in [0.25, 0.3) is 0 Å². The molecule has 1 aromatic carbocycles. The summed E-state index contributed by atoms with van der Waals surface area (Å²) in [4.78, 5) is 12.1. The maximum atomic E-state index is 13.8. The monoisotopic (exact) mass is 480 g/mol. The fourth-order valence-corrected chi connectivity index (χ4v) is 6.41. The SMILES string of the molecule is CCCCCCCCC1CCC(CCC2CCC(C(=O)O)(c3cc(F)c(F)c(F)c3)CC2)CC1. The van der Waals surface area contributed by atoms with Crippen LogP contribution in [0, 0.1) is 35.2 Å². The van der Waals surface area contributed by atoms with E-state index in [0.717, 1.165) is 43.2 Å². The standard InChI is InChI=1S/C29H43F3O2/c1-2-3-4-5-6-7-8-21-9-11-22(12-10-21)13-14-23-15-17-29(18-16-23,28(33)34)24-19-25(30)27(32)26(31)20-24/h19-23H,2-18H2,1H3,(H,33,34). The Labute approximate surface area is 203 Å². The number of benzene rings is 1. The van der Waals surface area contributed by atoms with Gasteiger partial charge in [-0.25, -0.2) is 13.2 Å². The predicted octanol–water partition coefficient (Wildman–Crippen LogP) is 8.95. The highest BCUT2D eigenvalue weighted by molar-refractivity contribution is 5.81. The van der Waals surface area contributed by atoms with Gasteiger partial charge in [-0.15, -0.1) is 0 Å². The molecule has 0 heterocycles. The lowest BCUT2D eigenvalue weighted by Gasteiger charge is -2.38. The van der Waals surface area contributed by atoms with E-state index >= 15 is 0 Å². The van der Waals surface area contributed by atoms with Crippen LogP contribution in [0.15, 0.2) is 12.1 Å². The van der Waals surface area contributed by atoms with Gasteiger partial charge in [0.1, 0.15) is 0 Å². The first-order valence-corrected chi connectivity index (χ1v) is 13.7. The molecule has 0 spiro atoms. The minimum Gasteiger partial charge on any atom is -0.481 e. The van der Waals surface area contributed by atoms with Crippen molar-refractivity contribution in [2.45, 2.75) is 121 Å². The summed E-state index contributed by atoms with van der Waals surface area (Å²) in [6.07, 6.45) is 19.4. The highest BCUT2D eigenvalue weighted by Crippen LogP contribution is 2.45. The molecule has 0 aliphatic heterocycles. The van der Waals surface area contributed by atoms with E-state index in [2.05, 4.69) is 6.92 Å². The number of hydrogen-bond acceptors (Lipinski definition) is 1. The van der Waals surface area contributed by atoms with Gasteiger partial charge in [0, 0.05) is 0 Å². The van der Waals surface area contributed by atoms with Gasteiger partial charge in [0.2, 0.25) is 0 Å². The van der Waals surface area contributed by atoms with E-state index < -0.39 is 28.8 Å². The molecular weight excluding hydrogens is 437 g/mol. The molecule has 0 atom stereocenters. The van der Waals surface area contributed by atoms with Crippen molar-refractivity contribution in [1.82, 2.24) is 0 Å². The van der Waals surface area contributed by atoms with E-state index in [9.17, 15) is 23.1 Å². The minimum absolute atomic E-state index is 0.0542. The van der Waals surface area contributed by atoms with E-state index in [-0.39, 0.29) is 5.56 Å². The summed E-state index contributed by atoms with van der Waals surface area (Å²) in [5, 5.41) is 9.91. The highest BCUT2D eigenvalue weighted by Gasteiger charge is 2.44. The molecular formula is C29H43F3O2. The molecule has 0 aromatic heterocycles. The largest absolute Gasteiger partial charge is 0.481 e. The molecule has 0 radical (unpaired) electrons. The molecule has 0 saturated heterocycles. The third kappa shape index (κ3) is 7.01. The van der Waals surface area contributed by atoms with Crippen molar-refractivity contribution in [3.63, 3.8) is 0 Å². The number of carboxylic acid groups (broad SMARTS) is 1. The number of hydrogen-bond donors (Lipinski definition) is 1. The van der Waals surface area contributed by atoms with Crippen LogP contribution in [-0.2, 0) is 10.2 Å². The topological polar surface area (TPSA) is 37.3 Å². The summed E-state index contributed by atoms with van der Waals surface area (Å²) in [7, 11) is 0. The molecule has 2 aliphatic rings. The number of aliphatic carboxylic acids is 1. The van der Waals surface area contributed by atoms with Crippen molar-refractivity contribution in [3.05, 3.63) is 35.1 Å². The summed E-state index contributed by atoms with van der Waals surface area (Å²) >= 11 is 0. The summed E-state index contributed by atoms with van der Waals surface area (Å²) in [5.74, 6) is -3.09. The van der Waals surface area contributed by atoms with Gasteiger partial charge in [-0.1, -0.05) is 90.4 Å². The second-order valence-electron chi connectivity index (χ2n) is 11.1. The lowest BCUT2D eigenvalue weighted by Crippen LogP contribution is -2.40. The first kappa shape index (κ1) is 27.1. The quantitative estimate of drug-likeness (QED) is 0.239. The van der Waals surface area contributed by atoms with Crippen LogP contribution >= 0.6 is 0 Å². The van der Waals surface area contributed by atoms with Crippen molar-refractivity contribution in [2.24, 2.45) is 17.8 Å². The second-order valence-corrected chi connectivity index (χ2v) is 11.1. The normalized spacial score (nSPS) is 27.6. The highest BCUT2D eigenvalue weighted by atomic mass is 19.2. The Balaban J connectivity index is 1.39. The van der Waals surface area contributed by atoms with Gasteiger partial charge < -0.3 is 5.11 Å². The molecule has 3 rings (SSSR count). The molecule has 2 fully saturated rings. The lowest BCUT2D eigenvalue weighted by atomic mass is 9.65. The first-order chi connectivity index (χ1) is 16.4. The maximum Gasteiger partial charge on any atom is 0.314 e. The Bertz CT molecular complexity index is 755. The Kier molecular flexibility index (Phi) is 10.3. The number of unbranched alkanes of at least 4 members (excludes halogenated alkanes) is 5. The second kappa shape index (κ2) is 13.0. The summed E-state index contributed by atoms with van der Waals surface area (Å²) < 4.78 is 41.0. The molecule has 2 nitrogen and oxygen atoms in total. The molecule has 1 N–H and O–H groups in total. The Hall–Kier alpha value is -1.52. The van der Waals surface area contributed by atoms with Crippen molar-refractivity contribution in [3.8, 4) is 0 Å². The summed E-state index contributed by atoms with van der Waals surface area (Å²) in [6.45, 7) is 2.26. The van der Waals surface area contributed by atoms with Crippen LogP contribution in [0.2, 0.25) is 0 Å². The van der Waals surface area contributed by atoms with Gasteiger partial charge in [0.15, 0.2) is 17.5 Å². The third-order valence-corrected chi connectivity index (χ3v) is 8.82. The van der Waals surface area contributed by atoms with Crippen molar-refractivity contribution >= 4 is 5.97 Å². The van der Waals surface area contributed by atoms with Crippen LogP contribution in [-0.4, -0.2) is 11.1 Å². The predicted molar refractivity (Wildman–Crippen MR) is 130 cm³/mol. The zero-order valence-electron chi connectivity index (χ0n) is 20.9. The summed E-state index contributed by atoms with van der Waals surface area (Å²) in [6, 6.07) is 1.74. The van der Waals surface area contributed by atoms with Gasteiger partial charge in [-0.05, 0) is 61.1 Å². The van der Waals surface area contributed by atoms with Crippen LogP contribution in [0.1, 0.15) is 122 Å². The zero-order chi connectivity index (χ0) is 24.6.